The summed E-state index contributed by atoms with van der Waals surface area (Å²) < 4.78 is 5.36. The summed E-state index contributed by atoms with van der Waals surface area (Å²) in [4.78, 5) is 10.8. The Labute approximate surface area is 96.8 Å². The van der Waals surface area contributed by atoms with Crippen molar-refractivity contribution in [3.8, 4) is 5.75 Å². The second-order valence-electron chi connectivity index (χ2n) is 4.08. The van der Waals surface area contributed by atoms with E-state index in [1.54, 1.807) is 14.0 Å². The first-order chi connectivity index (χ1) is 7.54. The number of hydrogen-bond acceptors (Lipinski definition) is 3. The van der Waals surface area contributed by atoms with Crippen molar-refractivity contribution in [3.05, 3.63) is 28.8 Å². The lowest BCUT2D eigenvalue weighted by Gasteiger charge is -2.13. The molecule has 0 amide bonds. The van der Waals surface area contributed by atoms with Gasteiger partial charge in [-0.15, -0.1) is 0 Å². The molecule has 0 aliphatic heterocycles. The summed E-state index contributed by atoms with van der Waals surface area (Å²) in [5.74, 6) is 1.05. The number of aryl methyl sites for hydroxylation is 2. The lowest BCUT2D eigenvalue weighted by molar-refractivity contribution is -0.116. The molecule has 0 fully saturated rings. The highest BCUT2D eigenvalue weighted by molar-refractivity contribution is 5.77. The number of carbonyl (C=O) groups excluding carboxylic acids is 1. The highest BCUT2D eigenvalue weighted by Crippen LogP contribution is 2.24. The van der Waals surface area contributed by atoms with Gasteiger partial charge < -0.3 is 10.1 Å². The van der Waals surface area contributed by atoms with Crippen LogP contribution in [0.25, 0.3) is 0 Å². The third-order valence-electron chi connectivity index (χ3n) is 2.39. The fourth-order valence-electron chi connectivity index (χ4n) is 1.84. The van der Waals surface area contributed by atoms with Crippen molar-refractivity contribution in [2.75, 3.05) is 13.7 Å². The first kappa shape index (κ1) is 12.7. The summed E-state index contributed by atoms with van der Waals surface area (Å²) in [6.07, 6.45) is 0. The summed E-state index contributed by atoms with van der Waals surface area (Å²) in [6, 6.07) is 4.17. The second-order valence-corrected chi connectivity index (χ2v) is 4.08. The number of hydrogen-bond donors (Lipinski definition) is 1. The minimum atomic E-state index is 0.142. The van der Waals surface area contributed by atoms with Crippen LogP contribution in [0, 0.1) is 13.8 Å². The van der Waals surface area contributed by atoms with Crippen LogP contribution in [0.2, 0.25) is 0 Å². The molecule has 3 heteroatoms. The lowest BCUT2D eigenvalue weighted by atomic mass is 10.1. The van der Waals surface area contributed by atoms with Crippen molar-refractivity contribution in [2.24, 2.45) is 0 Å². The highest BCUT2D eigenvalue weighted by atomic mass is 16.5. The van der Waals surface area contributed by atoms with Crippen LogP contribution in [0.15, 0.2) is 12.1 Å². The van der Waals surface area contributed by atoms with E-state index in [0.717, 1.165) is 16.9 Å². The molecule has 0 radical (unpaired) electrons. The predicted molar refractivity (Wildman–Crippen MR) is 64.9 cm³/mol. The molecule has 0 atom stereocenters. The average Bonchev–Trinajstić information content (AvgIpc) is 2.16. The number of nitrogens with one attached hydrogen (secondary N) is 1. The Balaban J connectivity index is 2.81. The quantitative estimate of drug-likeness (QED) is 0.826. The van der Waals surface area contributed by atoms with Crippen LogP contribution in [0.3, 0.4) is 0 Å². The molecule has 0 unspecified atom stereocenters. The van der Waals surface area contributed by atoms with Gasteiger partial charge in [-0.1, -0.05) is 17.7 Å². The smallest absolute Gasteiger partial charge is 0.143 e. The first-order valence-electron chi connectivity index (χ1n) is 5.39. The molecule has 1 aromatic carbocycles. The van der Waals surface area contributed by atoms with Gasteiger partial charge in [0, 0.05) is 12.1 Å². The van der Waals surface area contributed by atoms with Crippen LogP contribution in [-0.4, -0.2) is 19.4 Å². The molecule has 0 bridgehead atoms. The molecule has 0 aromatic heterocycles. The Morgan fingerprint density at radius 3 is 2.62 bits per heavy atom. The van der Waals surface area contributed by atoms with E-state index in [-0.39, 0.29) is 5.78 Å². The van der Waals surface area contributed by atoms with Crippen LogP contribution in [0.5, 0.6) is 5.75 Å². The topological polar surface area (TPSA) is 38.3 Å². The minimum absolute atomic E-state index is 0.142. The van der Waals surface area contributed by atoms with Crippen LogP contribution < -0.4 is 10.1 Å². The van der Waals surface area contributed by atoms with Crippen molar-refractivity contribution in [2.45, 2.75) is 27.3 Å². The SMILES string of the molecule is COc1c(C)cc(C)cc1CNCC(C)=O. The van der Waals surface area contributed by atoms with Gasteiger partial charge in [0.15, 0.2) is 0 Å². The number of carbonyl (C=O) groups is 1. The predicted octanol–water partition coefficient (Wildman–Crippen LogP) is 1.99. The molecule has 1 N–H and O–H groups in total. The molecular formula is C13H19NO2. The summed E-state index contributed by atoms with van der Waals surface area (Å²) in [7, 11) is 1.67. The van der Waals surface area contributed by atoms with Gasteiger partial charge in [-0.2, -0.15) is 0 Å². The van der Waals surface area contributed by atoms with E-state index in [9.17, 15) is 4.79 Å². The monoisotopic (exact) mass is 221 g/mol. The fourth-order valence-corrected chi connectivity index (χ4v) is 1.84. The number of ether oxygens (including phenoxy) is 1. The van der Waals surface area contributed by atoms with E-state index < -0.39 is 0 Å². The lowest BCUT2D eigenvalue weighted by Crippen LogP contribution is -2.20. The zero-order valence-electron chi connectivity index (χ0n) is 10.4. The summed E-state index contributed by atoms with van der Waals surface area (Å²) in [5, 5.41) is 3.10. The standard InChI is InChI=1S/C13H19NO2/c1-9-5-10(2)13(16-4)12(6-9)8-14-7-11(3)15/h5-6,14H,7-8H2,1-4H3. The Morgan fingerprint density at radius 1 is 1.38 bits per heavy atom. The van der Waals surface area contributed by atoms with Crippen molar-refractivity contribution < 1.29 is 9.53 Å². The second kappa shape index (κ2) is 5.66. The van der Waals surface area contributed by atoms with Crippen molar-refractivity contribution in [1.29, 1.82) is 0 Å². The summed E-state index contributed by atoms with van der Waals surface area (Å²) >= 11 is 0. The maximum atomic E-state index is 10.8. The molecule has 0 aliphatic rings. The number of ketones is 1. The first-order valence-corrected chi connectivity index (χ1v) is 5.39. The molecule has 0 saturated heterocycles. The Hall–Kier alpha value is -1.35. The van der Waals surface area contributed by atoms with Crippen molar-refractivity contribution in [3.63, 3.8) is 0 Å². The van der Waals surface area contributed by atoms with Crippen LogP contribution in [0.4, 0.5) is 0 Å². The summed E-state index contributed by atoms with van der Waals surface area (Å²) in [6.45, 7) is 6.72. The highest BCUT2D eigenvalue weighted by Gasteiger charge is 2.07. The Bertz CT molecular complexity index is 386. The van der Waals surface area contributed by atoms with Gasteiger partial charge in [0.05, 0.1) is 13.7 Å². The maximum absolute atomic E-state index is 10.8. The summed E-state index contributed by atoms with van der Waals surface area (Å²) in [5.41, 5.74) is 3.43. The van der Waals surface area contributed by atoms with E-state index in [1.165, 1.54) is 5.56 Å². The van der Waals surface area contributed by atoms with E-state index >= 15 is 0 Å². The normalized spacial score (nSPS) is 10.2. The molecular weight excluding hydrogens is 202 g/mol. The van der Waals surface area contributed by atoms with Crippen LogP contribution in [0.1, 0.15) is 23.6 Å². The maximum Gasteiger partial charge on any atom is 0.143 e. The van der Waals surface area contributed by atoms with Crippen molar-refractivity contribution >= 4 is 5.78 Å². The number of benzene rings is 1. The van der Waals surface area contributed by atoms with Gasteiger partial charge >= 0.3 is 0 Å². The van der Waals surface area contributed by atoms with Crippen molar-refractivity contribution in [1.82, 2.24) is 5.32 Å². The van der Waals surface area contributed by atoms with E-state index in [2.05, 4.69) is 24.4 Å². The molecule has 0 spiro atoms. The molecule has 1 rings (SSSR count). The van der Waals surface area contributed by atoms with Gasteiger partial charge in [-0.05, 0) is 26.3 Å². The minimum Gasteiger partial charge on any atom is -0.496 e. The molecule has 0 saturated carbocycles. The number of rotatable bonds is 5. The molecule has 3 nitrogen and oxygen atoms in total. The molecule has 0 aliphatic carbocycles. The fraction of sp³-hybridized carbons (Fsp3) is 0.462. The van der Waals surface area contributed by atoms with Gasteiger partial charge in [0.25, 0.3) is 0 Å². The molecule has 0 heterocycles. The van der Waals surface area contributed by atoms with E-state index in [4.69, 9.17) is 4.74 Å². The third-order valence-corrected chi connectivity index (χ3v) is 2.39. The van der Waals surface area contributed by atoms with Gasteiger partial charge in [0.2, 0.25) is 0 Å². The zero-order valence-corrected chi connectivity index (χ0v) is 10.4. The largest absolute Gasteiger partial charge is 0.496 e. The van der Waals surface area contributed by atoms with Gasteiger partial charge in [-0.25, -0.2) is 0 Å². The van der Waals surface area contributed by atoms with Crippen LogP contribution in [-0.2, 0) is 11.3 Å². The molecule has 88 valence electrons. The van der Waals surface area contributed by atoms with Crippen LogP contribution >= 0.6 is 0 Å². The third kappa shape index (κ3) is 3.35. The van der Waals surface area contributed by atoms with Gasteiger partial charge in [0.1, 0.15) is 11.5 Å². The number of methoxy groups -OCH3 is 1. The Morgan fingerprint density at radius 2 is 2.06 bits per heavy atom. The average molecular weight is 221 g/mol. The zero-order chi connectivity index (χ0) is 12.1. The molecule has 16 heavy (non-hydrogen) atoms. The van der Waals surface area contributed by atoms with E-state index in [0.29, 0.717) is 13.1 Å². The van der Waals surface area contributed by atoms with E-state index in [1.807, 2.05) is 6.92 Å². The molecule has 1 aromatic rings. The number of Topliss-reactive ketones (excluding diaryl/α,β-unsaturated/α-hetero) is 1. The van der Waals surface area contributed by atoms with Gasteiger partial charge in [-0.3, -0.25) is 4.79 Å². The Kier molecular flexibility index (Phi) is 4.50.